The maximum absolute atomic E-state index is 4.04. The van der Waals surface area contributed by atoms with Crippen LogP contribution in [-0.2, 0) is 0 Å². The van der Waals surface area contributed by atoms with Gasteiger partial charge in [-0.15, -0.1) is 0 Å². The van der Waals surface area contributed by atoms with E-state index in [0.717, 1.165) is 0 Å². The van der Waals surface area contributed by atoms with Gasteiger partial charge in [0.25, 0.3) is 0 Å². The first kappa shape index (κ1) is 7.59. The van der Waals surface area contributed by atoms with E-state index in [0.29, 0.717) is 5.92 Å². The smallest absolute Gasteiger partial charge is 0.0194 e. The highest BCUT2D eigenvalue weighted by molar-refractivity contribution is 5.27. The molecule has 1 atom stereocenters. The molecule has 0 spiro atoms. The number of rotatable bonds is 0. The van der Waals surface area contributed by atoms with Gasteiger partial charge in [0.2, 0.25) is 0 Å². The average molecular weight is 136 g/mol. The zero-order valence-corrected chi connectivity index (χ0v) is 6.82. The molecule has 10 heavy (non-hydrogen) atoms. The summed E-state index contributed by atoms with van der Waals surface area (Å²) in [7, 11) is 0. The van der Waals surface area contributed by atoms with Crippen molar-refractivity contribution in [1.82, 2.24) is 0 Å². The summed E-state index contributed by atoms with van der Waals surface area (Å²) in [5.41, 5.74) is 2.57. The maximum Gasteiger partial charge on any atom is -0.0194 e. The molecule has 1 fully saturated rings. The molecule has 1 aliphatic rings. The zero-order chi connectivity index (χ0) is 7.56. The molecule has 0 nitrogen and oxygen atoms in total. The third-order valence-corrected chi connectivity index (χ3v) is 2.41. The van der Waals surface area contributed by atoms with Crippen LogP contribution in [0.3, 0.4) is 0 Å². The van der Waals surface area contributed by atoms with Gasteiger partial charge in [-0.3, -0.25) is 0 Å². The summed E-state index contributed by atoms with van der Waals surface area (Å²) in [6.45, 7) is 10.3. The fourth-order valence-corrected chi connectivity index (χ4v) is 1.47. The molecule has 0 amide bonds. The summed E-state index contributed by atoms with van der Waals surface area (Å²) in [4.78, 5) is 0. The minimum absolute atomic E-state index is 0.676. The normalized spacial score (nSPS) is 28.3. The van der Waals surface area contributed by atoms with Crippen LogP contribution in [0.25, 0.3) is 0 Å². The summed E-state index contributed by atoms with van der Waals surface area (Å²) in [6, 6.07) is 0. The Morgan fingerprint density at radius 1 is 1.30 bits per heavy atom. The molecule has 1 rings (SSSR count). The molecule has 1 saturated carbocycles. The quantitative estimate of drug-likeness (QED) is 0.448. The predicted molar refractivity (Wildman–Crippen MR) is 45.9 cm³/mol. The minimum Gasteiger partial charge on any atom is -0.0956 e. The fourth-order valence-electron chi connectivity index (χ4n) is 1.47. The summed E-state index contributed by atoms with van der Waals surface area (Å²) in [6.07, 6.45) is 5.13. The second-order valence-electron chi connectivity index (χ2n) is 3.28. The molecule has 0 heteroatoms. The topological polar surface area (TPSA) is 0 Å². The standard InChI is InChI=1S/C10H16/c1-8-6-4-5-7-9(2)10(8)3/h9H,1,3-7H2,2H3. The largest absolute Gasteiger partial charge is 0.0956 e. The first-order valence-electron chi connectivity index (χ1n) is 4.08. The Labute approximate surface area is 63.6 Å². The minimum atomic E-state index is 0.676. The van der Waals surface area contributed by atoms with Crippen molar-refractivity contribution in [2.24, 2.45) is 5.92 Å². The number of hydrogen-bond acceptors (Lipinski definition) is 0. The van der Waals surface area contributed by atoms with Crippen molar-refractivity contribution in [2.45, 2.75) is 32.6 Å². The average Bonchev–Trinajstić information content (AvgIpc) is 2.04. The fraction of sp³-hybridized carbons (Fsp3) is 0.600. The molecule has 1 unspecified atom stereocenters. The van der Waals surface area contributed by atoms with Crippen LogP contribution in [0.5, 0.6) is 0 Å². The Balaban J connectivity index is 2.64. The van der Waals surface area contributed by atoms with E-state index in [1.54, 1.807) is 0 Å². The van der Waals surface area contributed by atoms with Gasteiger partial charge in [-0.2, -0.15) is 0 Å². The van der Waals surface area contributed by atoms with E-state index in [-0.39, 0.29) is 0 Å². The van der Waals surface area contributed by atoms with E-state index in [2.05, 4.69) is 20.1 Å². The molecule has 0 N–H and O–H groups in total. The summed E-state index contributed by atoms with van der Waals surface area (Å²) < 4.78 is 0. The summed E-state index contributed by atoms with van der Waals surface area (Å²) >= 11 is 0. The lowest BCUT2D eigenvalue weighted by Gasteiger charge is -2.10. The molecule has 0 saturated heterocycles. The lowest BCUT2D eigenvalue weighted by atomic mass is 9.95. The van der Waals surface area contributed by atoms with Crippen LogP contribution < -0.4 is 0 Å². The Hall–Kier alpha value is -0.520. The third-order valence-electron chi connectivity index (χ3n) is 2.41. The van der Waals surface area contributed by atoms with Gasteiger partial charge >= 0.3 is 0 Å². The molecule has 1 aliphatic carbocycles. The van der Waals surface area contributed by atoms with E-state index in [1.165, 1.54) is 36.8 Å². The van der Waals surface area contributed by atoms with Crippen molar-refractivity contribution in [2.75, 3.05) is 0 Å². The Morgan fingerprint density at radius 3 is 2.70 bits per heavy atom. The highest BCUT2D eigenvalue weighted by Crippen LogP contribution is 2.29. The molecule has 0 aromatic carbocycles. The van der Waals surface area contributed by atoms with Crippen molar-refractivity contribution in [1.29, 1.82) is 0 Å². The van der Waals surface area contributed by atoms with Crippen molar-refractivity contribution in [3.8, 4) is 0 Å². The lowest BCUT2D eigenvalue weighted by Crippen LogP contribution is -1.95. The van der Waals surface area contributed by atoms with Crippen LogP contribution in [0.2, 0.25) is 0 Å². The van der Waals surface area contributed by atoms with Crippen LogP contribution in [0.4, 0.5) is 0 Å². The van der Waals surface area contributed by atoms with Gasteiger partial charge in [0.15, 0.2) is 0 Å². The van der Waals surface area contributed by atoms with E-state index in [9.17, 15) is 0 Å². The number of allylic oxidation sites excluding steroid dienone is 2. The Bertz CT molecular complexity index is 153. The molecular weight excluding hydrogens is 120 g/mol. The molecule has 0 bridgehead atoms. The Morgan fingerprint density at radius 2 is 2.00 bits per heavy atom. The van der Waals surface area contributed by atoms with Gasteiger partial charge in [-0.25, -0.2) is 0 Å². The van der Waals surface area contributed by atoms with Gasteiger partial charge < -0.3 is 0 Å². The summed E-state index contributed by atoms with van der Waals surface area (Å²) in [5, 5.41) is 0. The van der Waals surface area contributed by atoms with Gasteiger partial charge in [0, 0.05) is 0 Å². The van der Waals surface area contributed by atoms with Gasteiger partial charge in [-0.05, 0) is 30.8 Å². The van der Waals surface area contributed by atoms with E-state index < -0.39 is 0 Å². The molecule has 56 valence electrons. The lowest BCUT2D eigenvalue weighted by molar-refractivity contribution is 0.598. The van der Waals surface area contributed by atoms with Crippen LogP contribution in [0.1, 0.15) is 32.6 Å². The van der Waals surface area contributed by atoms with E-state index >= 15 is 0 Å². The molecular formula is C10H16. The van der Waals surface area contributed by atoms with Crippen molar-refractivity contribution in [3.05, 3.63) is 24.3 Å². The van der Waals surface area contributed by atoms with Crippen LogP contribution in [-0.4, -0.2) is 0 Å². The maximum atomic E-state index is 4.04. The van der Waals surface area contributed by atoms with Crippen molar-refractivity contribution in [3.63, 3.8) is 0 Å². The monoisotopic (exact) mass is 136 g/mol. The van der Waals surface area contributed by atoms with Crippen LogP contribution in [0, 0.1) is 5.92 Å². The van der Waals surface area contributed by atoms with Crippen LogP contribution >= 0.6 is 0 Å². The van der Waals surface area contributed by atoms with Gasteiger partial charge in [0.05, 0.1) is 0 Å². The van der Waals surface area contributed by atoms with E-state index in [1.807, 2.05) is 0 Å². The second kappa shape index (κ2) is 3.05. The number of hydrogen-bond donors (Lipinski definition) is 0. The second-order valence-corrected chi connectivity index (χ2v) is 3.28. The molecule has 0 radical (unpaired) electrons. The molecule has 0 heterocycles. The SMILES string of the molecule is C=C1CCCCC(C)C1=C. The highest BCUT2D eigenvalue weighted by Gasteiger charge is 2.12. The predicted octanol–water partition coefficient (Wildman–Crippen LogP) is 3.31. The van der Waals surface area contributed by atoms with Gasteiger partial charge in [-0.1, -0.05) is 32.1 Å². The van der Waals surface area contributed by atoms with Gasteiger partial charge in [0.1, 0.15) is 0 Å². The zero-order valence-electron chi connectivity index (χ0n) is 6.82. The summed E-state index contributed by atoms with van der Waals surface area (Å²) in [5.74, 6) is 0.676. The molecule has 0 aliphatic heterocycles. The molecule has 0 aromatic heterocycles. The Kier molecular flexibility index (Phi) is 2.31. The molecule has 0 aromatic rings. The first-order chi connectivity index (χ1) is 4.72. The van der Waals surface area contributed by atoms with Crippen LogP contribution in [0.15, 0.2) is 24.3 Å². The van der Waals surface area contributed by atoms with E-state index in [4.69, 9.17) is 0 Å². The first-order valence-corrected chi connectivity index (χ1v) is 4.08. The van der Waals surface area contributed by atoms with Crippen molar-refractivity contribution < 1.29 is 0 Å². The third kappa shape index (κ3) is 1.50. The highest BCUT2D eigenvalue weighted by atomic mass is 14.2. The van der Waals surface area contributed by atoms with Crippen molar-refractivity contribution >= 4 is 0 Å².